The van der Waals surface area contributed by atoms with Crippen LogP contribution in [-0.2, 0) is 24.6 Å². The van der Waals surface area contributed by atoms with Crippen molar-refractivity contribution < 1.29 is 45.9 Å². The van der Waals surface area contributed by atoms with Gasteiger partial charge in [-0.2, -0.15) is 12.7 Å². The average Bonchev–Trinajstić information content (AvgIpc) is 3.88. The minimum atomic E-state index is -4.16. The smallest absolute Gasteiger partial charge is 0.301 e. The summed E-state index contributed by atoms with van der Waals surface area (Å²) in [6.07, 6.45) is 3.55. The van der Waals surface area contributed by atoms with Crippen LogP contribution in [0.1, 0.15) is 48.5 Å². The van der Waals surface area contributed by atoms with Gasteiger partial charge >= 0.3 is 10.2 Å². The Morgan fingerprint density at radius 2 is 1.70 bits per heavy atom. The standard InChI is InChI=1S/C44H46F3N9O7S/c1-3-53(2)64(62,63)52-34-10-9-32(45)39(40(34)47)41(59)31-24-49-42-30(31)20-27(23-48-42)26-4-7-29(8-5-26)54-16-18-55(19-17-54)38(58)22-44(61)14-15-56(25-44)36-12-6-28(21-33(36)46)50-35-11-13-37(57)51-43(35)60/h4-10,12,20-21,23-24,35,50,52,61H,3,11,13-19,22,25H2,1-2H3,(H,48,49)(H,51,57,60)/t35-,44?/m1/s1. The number of nitrogens with one attached hydrogen (secondary N) is 4. The first-order valence-electron chi connectivity index (χ1n) is 20.8. The van der Waals surface area contributed by atoms with E-state index in [0.717, 1.165) is 27.7 Å². The number of pyridine rings is 1. The number of hydrogen-bond acceptors (Lipinski definition) is 11. The van der Waals surface area contributed by atoms with Gasteiger partial charge in [0.15, 0.2) is 5.82 Å². The molecule has 3 saturated heterocycles. The first-order valence-corrected chi connectivity index (χ1v) is 22.2. The molecule has 1 unspecified atom stereocenters. The van der Waals surface area contributed by atoms with Gasteiger partial charge in [0.05, 0.1) is 29.0 Å². The van der Waals surface area contributed by atoms with Crippen LogP contribution in [-0.4, -0.2) is 121 Å². The normalized spacial score (nSPS) is 19.4. The number of imide groups is 1. The van der Waals surface area contributed by atoms with Gasteiger partial charge in [-0.3, -0.25) is 29.2 Å². The van der Waals surface area contributed by atoms with Gasteiger partial charge in [-0.05, 0) is 66.9 Å². The molecule has 3 amide bonds. The molecule has 5 N–H and O–H groups in total. The topological polar surface area (TPSA) is 200 Å². The zero-order valence-corrected chi connectivity index (χ0v) is 35.8. The van der Waals surface area contributed by atoms with E-state index in [-0.39, 0.29) is 55.4 Å². The van der Waals surface area contributed by atoms with Crippen molar-refractivity contribution >= 4 is 67.5 Å². The van der Waals surface area contributed by atoms with Gasteiger partial charge in [-0.1, -0.05) is 19.1 Å². The Hall–Kier alpha value is -6.51. The number of rotatable bonds is 13. The number of aromatic nitrogens is 2. The number of fused-ring (bicyclic) bond motifs is 1. The van der Waals surface area contributed by atoms with Crippen molar-refractivity contribution in [2.24, 2.45) is 0 Å². The van der Waals surface area contributed by atoms with Crippen LogP contribution >= 0.6 is 0 Å². The number of aliphatic hydroxyl groups is 1. The fourth-order valence-corrected chi connectivity index (χ4v) is 9.21. The van der Waals surface area contributed by atoms with Crippen molar-refractivity contribution in [2.75, 3.05) is 72.7 Å². The fourth-order valence-electron chi connectivity index (χ4n) is 8.27. The molecule has 3 fully saturated rings. The minimum Gasteiger partial charge on any atom is -0.387 e. The molecule has 5 aromatic rings. The number of benzene rings is 3. The van der Waals surface area contributed by atoms with E-state index in [1.165, 1.54) is 19.3 Å². The Kier molecular flexibility index (Phi) is 12.1. The summed E-state index contributed by atoms with van der Waals surface area (Å²) in [7, 11) is -2.87. The van der Waals surface area contributed by atoms with E-state index in [1.807, 2.05) is 24.3 Å². The zero-order chi connectivity index (χ0) is 45.5. The second kappa shape index (κ2) is 17.6. The van der Waals surface area contributed by atoms with Crippen molar-refractivity contribution in [3.8, 4) is 11.1 Å². The van der Waals surface area contributed by atoms with Crippen LogP contribution in [0, 0.1) is 17.5 Å². The molecule has 0 aliphatic carbocycles. The highest BCUT2D eigenvalue weighted by molar-refractivity contribution is 7.90. The van der Waals surface area contributed by atoms with Crippen LogP contribution in [0.25, 0.3) is 22.2 Å². The van der Waals surface area contributed by atoms with Crippen LogP contribution in [0.3, 0.4) is 0 Å². The van der Waals surface area contributed by atoms with Crippen molar-refractivity contribution in [3.05, 3.63) is 102 Å². The van der Waals surface area contributed by atoms with Gasteiger partial charge < -0.3 is 30.1 Å². The Morgan fingerprint density at radius 1 is 0.953 bits per heavy atom. The summed E-state index contributed by atoms with van der Waals surface area (Å²) in [5.74, 6) is -5.06. The van der Waals surface area contributed by atoms with Gasteiger partial charge in [-0.15, -0.1) is 0 Å². The summed E-state index contributed by atoms with van der Waals surface area (Å²) in [5, 5.41) is 17.0. The minimum absolute atomic E-state index is 0.0592. The highest BCUT2D eigenvalue weighted by Gasteiger charge is 2.40. The molecule has 3 aromatic carbocycles. The summed E-state index contributed by atoms with van der Waals surface area (Å²) < 4.78 is 74.0. The molecule has 5 heterocycles. The predicted molar refractivity (Wildman–Crippen MR) is 234 cm³/mol. The van der Waals surface area contributed by atoms with Crippen LogP contribution in [0.15, 0.2) is 73.1 Å². The third-order valence-corrected chi connectivity index (χ3v) is 13.6. The lowest BCUT2D eigenvalue weighted by atomic mass is 9.98. The average molecular weight is 902 g/mol. The van der Waals surface area contributed by atoms with Crippen molar-refractivity contribution in [2.45, 2.75) is 44.2 Å². The Labute approximate surface area is 366 Å². The van der Waals surface area contributed by atoms with Gasteiger partial charge in [0.1, 0.15) is 23.3 Å². The number of halogens is 3. The van der Waals surface area contributed by atoms with Crippen molar-refractivity contribution in [1.82, 2.24) is 24.5 Å². The summed E-state index contributed by atoms with van der Waals surface area (Å²) in [4.78, 5) is 63.5. The Bertz CT molecular complexity index is 2760. The third-order valence-electron chi connectivity index (χ3n) is 12.1. The number of piperazine rings is 1. The Morgan fingerprint density at radius 3 is 2.41 bits per heavy atom. The van der Waals surface area contributed by atoms with Gasteiger partial charge in [0, 0.05) is 99.6 Å². The number of carbonyl (C=O) groups excluding carboxylic acids is 4. The summed E-state index contributed by atoms with van der Waals surface area (Å²) in [6.45, 7) is 4.01. The number of nitrogens with zero attached hydrogens (tertiary/aromatic N) is 5. The maximum Gasteiger partial charge on any atom is 0.301 e. The number of hydrogen-bond donors (Lipinski definition) is 5. The molecule has 16 nitrogen and oxygen atoms in total. The quantitative estimate of drug-likeness (QED) is 0.0830. The highest BCUT2D eigenvalue weighted by Crippen LogP contribution is 2.34. The third kappa shape index (κ3) is 8.97. The van der Waals surface area contributed by atoms with E-state index < -0.39 is 62.2 Å². The number of piperidine rings is 1. The number of ketones is 1. The lowest BCUT2D eigenvalue weighted by Gasteiger charge is -2.37. The largest absolute Gasteiger partial charge is 0.387 e. The molecule has 2 atom stereocenters. The molecular formula is C44H46F3N9O7S. The molecule has 64 heavy (non-hydrogen) atoms. The van der Waals surface area contributed by atoms with E-state index in [9.17, 15) is 32.7 Å². The molecule has 20 heteroatoms. The number of aromatic amines is 1. The fraction of sp³-hybridized carbons (Fsp3) is 0.341. The van der Waals surface area contributed by atoms with E-state index >= 15 is 13.2 Å². The molecule has 0 spiro atoms. The second-order valence-corrected chi connectivity index (χ2v) is 18.0. The number of β-amino-alcohol motifs (C(OH)–C–C–N with tert-alkyl or cyclic N) is 1. The summed E-state index contributed by atoms with van der Waals surface area (Å²) >= 11 is 0. The molecule has 3 aliphatic heterocycles. The van der Waals surface area contributed by atoms with E-state index in [1.54, 1.807) is 41.1 Å². The first kappa shape index (κ1) is 44.1. The molecule has 336 valence electrons. The molecular weight excluding hydrogens is 856 g/mol. The lowest BCUT2D eigenvalue weighted by molar-refractivity contribution is -0.136. The van der Waals surface area contributed by atoms with Gasteiger partial charge in [0.2, 0.25) is 23.5 Å². The van der Waals surface area contributed by atoms with E-state index in [0.29, 0.717) is 61.4 Å². The first-order chi connectivity index (χ1) is 30.5. The van der Waals surface area contributed by atoms with E-state index in [4.69, 9.17) is 0 Å². The molecule has 8 rings (SSSR count). The zero-order valence-electron chi connectivity index (χ0n) is 35.0. The van der Waals surface area contributed by atoms with Crippen LogP contribution in [0.2, 0.25) is 0 Å². The molecule has 0 saturated carbocycles. The second-order valence-electron chi connectivity index (χ2n) is 16.3. The summed E-state index contributed by atoms with van der Waals surface area (Å²) in [5.41, 5.74) is 0.336. The van der Waals surface area contributed by atoms with Crippen molar-refractivity contribution in [3.63, 3.8) is 0 Å². The van der Waals surface area contributed by atoms with Crippen molar-refractivity contribution in [1.29, 1.82) is 0 Å². The monoisotopic (exact) mass is 901 g/mol. The highest BCUT2D eigenvalue weighted by atomic mass is 32.2. The number of carbonyl (C=O) groups is 4. The maximum atomic E-state index is 15.6. The number of amides is 3. The number of H-pyrrole nitrogens is 1. The van der Waals surface area contributed by atoms with Crippen LogP contribution in [0.5, 0.6) is 0 Å². The van der Waals surface area contributed by atoms with Crippen LogP contribution in [0.4, 0.5) is 35.9 Å². The van der Waals surface area contributed by atoms with Gasteiger partial charge in [0.25, 0.3) is 0 Å². The molecule has 0 radical (unpaired) electrons. The lowest BCUT2D eigenvalue weighted by Crippen LogP contribution is -2.50. The Balaban J connectivity index is 0.869. The molecule has 0 bridgehead atoms. The maximum absolute atomic E-state index is 15.6. The molecule has 3 aliphatic rings. The molecule has 2 aromatic heterocycles. The summed E-state index contributed by atoms with van der Waals surface area (Å²) in [6, 6.07) is 14.8. The van der Waals surface area contributed by atoms with Gasteiger partial charge in [-0.25, -0.2) is 18.2 Å². The number of anilines is 4. The van der Waals surface area contributed by atoms with E-state index in [2.05, 4.69) is 30.2 Å². The van der Waals surface area contributed by atoms with Crippen LogP contribution < -0.4 is 25.2 Å². The SMILES string of the molecule is CCN(C)S(=O)(=O)Nc1ccc(F)c(C(=O)c2c[nH]c3ncc(-c4ccc(N5CCN(C(=O)CC6(O)CCN(c7ccc(N[C@@H]8CCC(=O)NC8=O)cc7F)C6)CC5)cc4)cc23)c1F. The predicted octanol–water partition coefficient (Wildman–Crippen LogP) is 4.38.